The molecule has 39 heavy (non-hydrogen) atoms. The first-order chi connectivity index (χ1) is 18.2. The fourth-order valence-corrected chi connectivity index (χ4v) is 4.58. The summed E-state index contributed by atoms with van der Waals surface area (Å²) in [6.07, 6.45) is -6.19. The standard InChI is InChI=1S/C20H31N3O2.2C2HF3O2/c1-16-3-2-4-18(21-16)14-22-8-5-17-13-23(9-12-25-20(17)15-22)19-6-10-24-11-7-19;2*3-2(4,5)1(6)7/h2-4,17,19-20H,5-15H2,1H3;2*(H,6,7)/t17-,20-;;/m1../s1. The average Bonchev–Trinajstić information content (AvgIpc) is 3.06. The summed E-state index contributed by atoms with van der Waals surface area (Å²) in [6, 6.07) is 7.01. The highest BCUT2D eigenvalue weighted by molar-refractivity contribution is 5.73. The van der Waals surface area contributed by atoms with E-state index in [0.29, 0.717) is 18.1 Å². The fourth-order valence-electron chi connectivity index (χ4n) is 4.58. The third kappa shape index (κ3) is 11.6. The molecule has 0 radical (unpaired) electrons. The van der Waals surface area contributed by atoms with Crippen LogP contribution in [0.15, 0.2) is 18.2 Å². The molecule has 1 aromatic rings. The van der Waals surface area contributed by atoms with Crippen LogP contribution in [0.1, 0.15) is 30.7 Å². The minimum atomic E-state index is -5.08. The van der Waals surface area contributed by atoms with Gasteiger partial charge in [0.25, 0.3) is 0 Å². The van der Waals surface area contributed by atoms with E-state index in [1.807, 2.05) is 0 Å². The van der Waals surface area contributed by atoms with Crippen molar-refractivity contribution in [1.82, 2.24) is 14.8 Å². The number of aliphatic carboxylic acids is 2. The highest BCUT2D eigenvalue weighted by Gasteiger charge is 2.39. The van der Waals surface area contributed by atoms with Crippen LogP contribution in [0.25, 0.3) is 0 Å². The van der Waals surface area contributed by atoms with Gasteiger partial charge in [-0.15, -0.1) is 0 Å². The Labute approximate surface area is 221 Å². The molecule has 1 aromatic heterocycles. The number of hydrogen-bond donors (Lipinski definition) is 2. The maximum atomic E-state index is 10.6. The number of carboxylic acids is 2. The van der Waals surface area contributed by atoms with Gasteiger partial charge in [0, 0.05) is 57.0 Å². The van der Waals surface area contributed by atoms with Gasteiger partial charge in [0.05, 0.1) is 18.4 Å². The first kappa shape index (κ1) is 32.7. The molecular formula is C24H33F6N3O6. The zero-order valence-electron chi connectivity index (χ0n) is 21.4. The molecule has 3 saturated heterocycles. The largest absolute Gasteiger partial charge is 0.490 e. The van der Waals surface area contributed by atoms with Gasteiger partial charge in [-0.1, -0.05) is 6.07 Å². The SMILES string of the molecule is Cc1cccc(CN2CC[C@@H]3CN(C4CCOCC4)CCO[C@@H]3C2)n1.O=C(O)C(F)(F)F.O=C(O)C(F)(F)F. The molecule has 2 atom stereocenters. The number of hydrogen-bond acceptors (Lipinski definition) is 7. The van der Waals surface area contributed by atoms with Crippen LogP contribution < -0.4 is 0 Å². The van der Waals surface area contributed by atoms with E-state index in [1.54, 1.807) is 0 Å². The lowest BCUT2D eigenvalue weighted by Gasteiger charge is -2.39. The Morgan fingerprint density at radius 1 is 0.949 bits per heavy atom. The van der Waals surface area contributed by atoms with Gasteiger partial charge in [0.15, 0.2) is 0 Å². The highest BCUT2D eigenvalue weighted by Crippen LogP contribution is 2.27. The van der Waals surface area contributed by atoms with Crippen LogP contribution in [0.4, 0.5) is 26.3 Å². The van der Waals surface area contributed by atoms with Crippen molar-refractivity contribution in [2.45, 2.75) is 57.2 Å². The van der Waals surface area contributed by atoms with Crippen molar-refractivity contribution >= 4 is 11.9 Å². The molecule has 0 unspecified atom stereocenters. The second kappa shape index (κ2) is 14.8. The number of carboxylic acid groups (broad SMARTS) is 2. The monoisotopic (exact) mass is 573 g/mol. The van der Waals surface area contributed by atoms with E-state index >= 15 is 0 Å². The number of aromatic nitrogens is 1. The number of aryl methyl sites for hydroxylation is 1. The van der Waals surface area contributed by atoms with E-state index < -0.39 is 24.3 Å². The van der Waals surface area contributed by atoms with Gasteiger partial charge < -0.3 is 19.7 Å². The Kier molecular flexibility index (Phi) is 12.4. The predicted octanol–water partition coefficient (Wildman–Crippen LogP) is 3.36. The molecular weight excluding hydrogens is 540 g/mol. The van der Waals surface area contributed by atoms with Crippen molar-refractivity contribution in [2.75, 3.05) is 46.0 Å². The Morgan fingerprint density at radius 2 is 1.54 bits per heavy atom. The summed E-state index contributed by atoms with van der Waals surface area (Å²) in [5.74, 6) is -4.84. The Bertz CT molecular complexity index is 902. The molecule has 0 bridgehead atoms. The minimum absolute atomic E-state index is 0.378. The van der Waals surface area contributed by atoms with Gasteiger partial charge in [0.1, 0.15) is 0 Å². The van der Waals surface area contributed by atoms with Gasteiger partial charge in [-0.3, -0.25) is 14.8 Å². The Morgan fingerprint density at radius 3 is 2.08 bits per heavy atom. The molecule has 4 heterocycles. The first-order valence-electron chi connectivity index (χ1n) is 12.3. The van der Waals surface area contributed by atoms with Crippen molar-refractivity contribution in [3.8, 4) is 0 Å². The van der Waals surface area contributed by atoms with E-state index in [-0.39, 0.29) is 0 Å². The molecule has 0 amide bonds. The number of likely N-dealkylation sites (tertiary alicyclic amines) is 1. The normalized spacial score (nSPS) is 23.3. The fraction of sp³-hybridized carbons (Fsp3) is 0.708. The third-order valence-corrected chi connectivity index (χ3v) is 6.48. The van der Waals surface area contributed by atoms with Crippen molar-refractivity contribution in [3.05, 3.63) is 29.6 Å². The lowest BCUT2D eigenvalue weighted by molar-refractivity contribution is -0.193. The van der Waals surface area contributed by atoms with Crippen LogP contribution in [0.2, 0.25) is 0 Å². The minimum Gasteiger partial charge on any atom is -0.475 e. The maximum absolute atomic E-state index is 10.6. The summed E-state index contributed by atoms with van der Waals surface area (Å²) < 4.78 is 75.3. The van der Waals surface area contributed by atoms with Gasteiger partial charge in [0.2, 0.25) is 0 Å². The van der Waals surface area contributed by atoms with Crippen molar-refractivity contribution in [1.29, 1.82) is 0 Å². The summed E-state index contributed by atoms with van der Waals surface area (Å²) in [5.41, 5.74) is 2.28. The van der Waals surface area contributed by atoms with Crippen LogP contribution >= 0.6 is 0 Å². The number of piperidine rings is 1. The van der Waals surface area contributed by atoms with Crippen molar-refractivity contribution in [3.63, 3.8) is 0 Å². The molecule has 0 aromatic carbocycles. The molecule has 15 heteroatoms. The summed E-state index contributed by atoms with van der Waals surface area (Å²) in [7, 11) is 0. The zero-order chi connectivity index (χ0) is 29.2. The molecule has 3 fully saturated rings. The van der Waals surface area contributed by atoms with E-state index in [2.05, 4.69) is 39.9 Å². The van der Waals surface area contributed by atoms with Crippen molar-refractivity contribution in [2.24, 2.45) is 5.92 Å². The number of halogens is 6. The van der Waals surface area contributed by atoms with Gasteiger partial charge in [-0.2, -0.15) is 26.3 Å². The molecule has 9 nitrogen and oxygen atoms in total. The molecule has 2 N–H and O–H groups in total. The van der Waals surface area contributed by atoms with Crippen LogP contribution in [0, 0.1) is 12.8 Å². The number of pyridine rings is 1. The quantitative estimate of drug-likeness (QED) is 0.526. The second-order valence-corrected chi connectivity index (χ2v) is 9.41. The summed E-state index contributed by atoms with van der Waals surface area (Å²) in [5, 5.41) is 14.2. The average molecular weight is 574 g/mol. The highest BCUT2D eigenvalue weighted by atomic mass is 19.4. The molecule has 4 rings (SSSR count). The molecule has 0 aliphatic carbocycles. The number of ether oxygens (including phenoxy) is 2. The maximum Gasteiger partial charge on any atom is 0.490 e. The topological polar surface area (TPSA) is 112 Å². The smallest absolute Gasteiger partial charge is 0.475 e. The van der Waals surface area contributed by atoms with E-state index in [0.717, 1.165) is 51.7 Å². The number of carbonyl (C=O) groups is 2. The molecule has 3 aliphatic rings. The number of nitrogens with zero attached hydrogens (tertiary/aromatic N) is 3. The van der Waals surface area contributed by atoms with Gasteiger partial charge in [-0.25, -0.2) is 9.59 Å². The Hall–Kier alpha value is -2.49. The number of rotatable bonds is 3. The molecule has 3 aliphatic heterocycles. The molecule has 0 saturated carbocycles. The Balaban J connectivity index is 0.000000317. The number of alkyl halides is 6. The second-order valence-electron chi connectivity index (χ2n) is 9.41. The first-order valence-corrected chi connectivity index (χ1v) is 12.3. The van der Waals surface area contributed by atoms with Crippen LogP contribution in [-0.4, -0.2) is 107 Å². The van der Waals surface area contributed by atoms with Crippen LogP contribution in [0.3, 0.4) is 0 Å². The predicted molar refractivity (Wildman–Crippen MR) is 125 cm³/mol. The van der Waals surface area contributed by atoms with Crippen LogP contribution in [0.5, 0.6) is 0 Å². The summed E-state index contributed by atoms with van der Waals surface area (Å²) in [4.78, 5) is 27.7. The summed E-state index contributed by atoms with van der Waals surface area (Å²) >= 11 is 0. The van der Waals surface area contributed by atoms with E-state index in [1.165, 1.54) is 31.5 Å². The lowest BCUT2D eigenvalue weighted by atomic mass is 9.92. The third-order valence-electron chi connectivity index (χ3n) is 6.48. The van der Waals surface area contributed by atoms with Gasteiger partial charge >= 0.3 is 24.3 Å². The van der Waals surface area contributed by atoms with Gasteiger partial charge in [-0.05, 0) is 44.9 Å². The van der Waals surface area contributed by atoms with Crippen molar-refractivity contribution < 1.29 is 55.6 Å². The van der Waals surface area contributed by atoms with E-state index in [9.17, 15) is 26.3 Å². The molecule has 222 valence electrons. The molecule has 0 spiro atoms. The lowest BCUT2D eigenvalue weighted by Crippen LogP contribution is -2.48. The number of fused-ring (bicyclic) bond motifs is 1. The van der Waals surface area contributed by atoms with Crippen LogP contribution in [-0.2, 0) is 25.6 Å². The zero-order valence-corrected chi connectivity index (χ0v) is 21.4. The van der Waals surface area contributed by atoms with E-state index in [4.69, 9.17) is 29.3 Å². The summed E-state index contributed by atoms with van der Waals surface area (Å²) in [6.45, 7) is 10.2.